The first-order valence-corrected chi connectivity index (χ1v) is 13.2. The van der Waals surface area contributed by atoms with E-state index in [0.717, 1.165) is 6.04 Å². The van der Waals surface area contributed by atoms with Gasteiger partial charge in [-0.1, -0.05) is 19.6 Å². The van der Waals surface area contributed by atoms with Crippen LogP contribution in [-0.2, 0) is 16.0 Å². The molecule has 0 saturated heterocycles. The van der Waals surface area contributed by atoms with Crippen LogP contribution in [0.25, 0.3) is 0 Å². The van der Waals surface area contributed by atoms with E-state index >= 15 is 0 Å². The number of ketones is 1. The van der Waals surface area contributed by atoms with E-state index in [0.29, 0.717) is 31.0 Å². The number of amides is 1. The van der Waals surface area contributed by atoms with Gasteiger partial charge in [-0.25, -0.2) is 9.18 Å². The highest BCUT2D eigenvalue weighted by Crippen LogP contribution is 2.26. The minimum Gasteiger partial charge on any atom is -0.444 e. The van der Waals surface area contributed by atoms with E-state index < -0.39 is 25.6 Å². The second-order valence-electron chi connectivity index (χ2n) is 9.37. The fraction of sp³-hybridized carbons (Fsp3) is 0.600. The summed E-state index contributed by atoms with van der Waals surface area (Å²) in [6.45, 7) is 13.7. The molecule has 28 heavy (non-hydrogen) atoms. The maximum Gasteiger partial charge on any atom is 0.412 e. The average molecular weight is 411 g/mol. The van der Waals surface area contributed by atoms with Crippen LogP contribution in [0, 0.1) is 5.82 Å². The molecule has 0 atom stereocenters. The van der Waals surface area contributed by atoms with Gasteiger partial charge in [0.25, 0.3) is 0 Å². The molecule has 1 aromatic carbocycles. The summed E-state index contributed by atoms with van der Waals surface area (Å²) in [5, 5.41) is 2.38. The van der Waals surface area contributed by atoms with Crippen LogP contribution < -0.4 is 5.32 Å². The van der Waals surface area contributed by atoms with E-state index in [-0.39, 0.29) is 18.0 Å². The first kappa shape index (κ1) is 22.5. The number of rotatable bonds is 6. The van der Waals surface area contributed by atoms with E-state index in [4.69, 9.17) is 9.47 Å². The summed E-state index contributed by atoms with van der Waals surface area (Å²) >= 11 is 0. The fourth-order valence-electron chi connectivity index (χ4n) is 2.76. The monoisotopic (exact) mass is 410 g/mol. The van der Waals surface area contributed by atoms with E-state index in [1.54, 1.807) is 20.8 Å². The molecular formula is C20H31FN2O4Si. The summed E-state index contributed by atoms with van der Waals surface area (Å²) in [7, 11) is -1.16. The van der Waals surface area contributed by atoms with Crippen LogP contribution in [0.15, 0.2) is 12.1 Å². The summed E-state index contributed by atoms with van der Waals surface area (Å²) in [6.07, 6.45) is -0.757. The van der Waals surface area contributed by atoms with Crippen molar-refractivity contribution in [2.24, 2.45) is 0 Å². The predicted molar refractivity (Wildman–Crippen MR) is 110 cm³/mol. The zero-order valence-electron chi connectivity index (χ0n) is 17.6. The lowest BCUT2D eigenvalue weighted by atomic mass is 9.98. The zero-order chi connectivity index (χ0) is 21.1. The molecule has 0 spiro atoms. The molecule has 0 radical (unpaired) electrons. The highest BCUT2D eigenvalue weighted by atomic mass is 28.3. The average Bonchev–Trinajstić information content (AvgIpc) is 2.50. The van der Waals surface area contributed by atoms with Crippen molar-refractivity contribution >= 4 is 25.6 Å². The molecule has 8 heteroatoms. The molecule has 1 N–H and O–H groups in total. The lowest BCUT2D eigenvalue weighted by Gasteiger charge is -2.28. The number of benzene rings is 1. The number of Topliss-reactive ketones (excluding diaryl/α,β-unsaturated/α-hetero) is 1. The topological polar surface area (TPSA) is 67.9 Å². The van der Waals surface area contributed by atoms with Crippen LogP contribution in [0.2, 0.25) is 25.7 Å². The Labute approximate surface area is 167 Å². The van der Waals surface area contributed by atoms with Gasteiger partial charge in [-0.2, -0.15) is 0 Å². The quantitative estimate of drug-likeness (QED) is 0.553. The van der Waals surface area contributed by atoms with Gasteiger partial charge in [0.05, 0.1) is 19.0 Å². The van der Waals surface area contributed by atoms with Crippen molar-refractivity contribution in [3.63, 3.8) is 0 Å². The van der Waals surface area contributed by atoms with Gasteiger partial charge in [-0.3, -0.25) is 15.0 Å². The van der Waals surface area contributed by atoms with Crippen molar-refractivity contribution in [1.82, 2.24) is 4.90 Å². The molecule has 1 heterocycles. The van der Waals surface area contributed by atoms with Crippen LogP contribution in [0.4, 0.5) is 14.9 Å². The number of nitrogens with zero attached hydrogens (tertiary/aromatic N) is 1. The van der Waals surface area contributed by atoms with Crippen LogP contribution >= 0.6 is 0 Å². The third-order valence-electron chi connectivity index (χ3n) is 4.16. The number of carbonyl (C=O) groups is 2. The van der Waals surface area contributed by atoms with Crippen molar-refractivity contribution in [2.75, 3.05) is 25.2 Å². The number of fused-ring (bicyclic) bond motifs is 1. The van der Waals surface area contributed by atoms with Crippen molar-refractivity contribution in [3.05, 3.63) is 29.1 Å². The third kappa shape index (κ3) is 6.99. The SMILES string of the molecule is CC(C)(C)OC(=O)Nc1cc2c(cc1F)CN(COCC[Si](C)(C)C)CC2=O. The first-order valence-electron chi connectivity index (χ1n) is 9.50. The van der Waals surface area contributed by atoms with Gasteiger partial charge in [0, 0.05) is 26.8 Å². The number of halogens is 1. The maximum atomic E-state index is 14.4. The maximum absolute atomic E-state index is 14.4. The molecule has 0 aromatic heterocycles. The molecule has 0 saturated carbocycles. The van der Waals surface area contributed by atoms with Gasteiger partial charge in [0.1, 0.15) is 11.4 Å². The second kappa shape index (κ2) is 8.71. The summed E-state index contributed by atoms with van der Waals surface area (Å²) in [5.41, 5.74) is 0.268. The molecule has 1 aliphatic rings. The van der Waals surface area contributed by atoms with Gasteiger partial charge in [-0.15, -0.1) is 0 Å². The Morgan fingerprint density at radius 3 is 2.54 bits per heavy atom. The summed E-state index contributed by atoms with van der Waals surface area (Å²) in [5.74, 6) is -0.721. The minimum atomic E-state index is -1.16. The van der Waals surface area contributed by atoms with Crippen LogP contribution in [-0.4, -0.2) is 50.3 Å². The number of anilines is 1. The molecule has 156 valence electrons. The van der Waals surface area contributed by atoms with E-state index in [1.165, 1.54) is 12.1 Å². The van der Waals surface area contributed by atoms with Crippen LogP contribution in [0.5, 0.6) is 0 Å². The van der Waals surface area contributed by atoms with E-state index in [9.17, 15) is 14.0 Å². The van der Waals surface area contributed by atoms with Crippen molar-refractivity contribution in [3.8, 4) is 0 Å². The van der Waals surface area contributed by atoms with E-state index in [2.05, 4.69) is 25.0 Å². The van der Waals surface area contributed by atoms with Gasteiger partial charge >= 0.3 is 6.09 Å². The summed E-state index contributed by atoms with van der Waals surface area (Å²) < 4.78 is 25.3. The highest BCUT2D eigenvalue weighted by molar-refractivity contribution is 6.76. The van der Waals surface area contributed by atoms with Crippen molar-refractivity contribution in [2.45, 2.75) is 58.6 Å². The molecule has 0 aliphatic carbocycles. The normalized spacial score (nSPS) is 15.3. The van der Waals surface area contributed by atoms with Crippen molar-refractivity contribution in [1.29, 1.82) is 0 Å². The lowest BCUT2D eigenvalue weighted by Crippen LogP contribution is -2.37. The summed E-state index contributed by atoms with van der Waals surface area (Å²) in [6, 6.07) is 3.74. The molecule has 0 fully saturated rings. The molecule has 0 bridgehead atoms. The molecule has 6 nitrogen and oxygen atoms in total. The Bertz CT molecular complexity index is 741. The molecule has 1 aromatic rings. The zero-order valence-corrected chi connectivity index (χ0v) is 18.6. The Balaban J connectivity index is 2.02. The Morgan fingerprint density at radius 2 is 1.93 bits per heavy atom. The number of hydrogen-bond donors (Lipinski definition) is 1. The van der Waals surface area contributed by atoms with Gasteiger partial charge in [-0.05, 0) is 44.5 Å². The number of nitrogens with one attached hydrogen (secondary N) is 1. The minimum absolute atomic E-state index is 0.0545. The van der Waals surface area contributed by atoms with Gasteiger partial charge < -0.3 is 9.47 Å². The van der Waals surface area contributed by atoms with Crippen LogP contribution in [0.3, 0.4) is 0 Å². The number of carbonyl (C=O) groups excluding carboxylic acids is 2. The van der Waals surface area contributed by atoms with Crippen molar-refractivity contribution < 1.29 is 23.5 Å². The Hall–Kier alpha value is -1.77. The number of hydrogen-bond acceptors (Lipinski definition) is 5. The van der Waals surface area contributed by atoms with E-state index in [1.807, 2.05) is 4.90 Å². The molecular weight excluding hydrogens is 379 g/mol. The molecule has 0 unspecified atom stereocenters. The standard InChI is InChI=1S/C20H31FN2O4Si/c1-20(2,3)27-19(25)22-17-10-15-14(9-16(17)21)11-23(12-18(15)24)13-26-7-8-28(4,5)6/h9-10H,7-8,11-13H2,1-6H3,(H,22,25). The van der Waals surface area contributed by atoms with Crippen LogP contribution in [0.1, 0.15) is 36.7 Å². The Kier molecular flexibility index (Phi) is 7.01. The van der Waals surface area contributed by atoms with Gasteiger partial charge in [0.15, 0.2) is 5.78 Å². The third-order valence-corrected chi connectivity index (χ3v) is 5.86. The molecule has 1 amide bonds. The highest BCUT2D eigenvalue weighted by Gasteiger charge is 2.26. The lowest BCUT2D eigenvalue weighted by molar-refractivity contribution is 0.0268. The second-order valence-corrected chi connectivity index (χ2v) is 15.0. The van der Waals surface area contributed by atoms with Gasteiger partial charge in [0.2, 0.25) is 0 Å². The summed E-state index contributed by atoms with van der Waals surface area (Å²) in [4.78, 5) is 26.3. The largest absolute Gasteiger partial charge is 0.444 e. The Morgan fingerprint density at radius 1 is 1.25 bits per heavy atom. The predicted octanol–water partition coefficient (Wildman–Crippen LogP) is 4.48. The molecule has 2 rings (SSSR count). The fourth-order valence-corrected chi connectivity index (χ4v) is 3.52. The molecule has 1 aliphatic heterocycles. The smallest absolute Gasteiger partial charge is 0.412 e. The number of ether oxygens (including phenoxy) is 2. The first-order chi connectivity index (χ1) is 12.8.